The molecule has 0 heterocycles. The van der Waals surface area contributed by atoms with E-state index in [0.29, 0.717) is 172 Å². The number of ether oxygens (including phenoxy) is 20. The van der Waals surface area contributed by atoms with Crippen LogP contribution >= 0.6 is 0 Å². The van der Waals surface area contributed by atoms with Gasteiger partial charge in [-0.1, -0.05) is 0 Å². The molecule has 388 valence electrons. The topological polar surface area (TPSA) is 259 Å². The molecule has 0 aromatic heterocycles. The van der Waals surface area contributed by atoms with E-state index >= 15 is 0 Å². The zero-order chi connectivity index (χ0) is 47.3. The molecule has 0 atom stereocenters. The lowest BCUT2D eigenvalue weighted by Gasteiger charge is -2.27. The minimum atomic E-state index is -1.48. The van der Waals surface area contributed by atoms with Gasteiger partial charge in [-0.3, -0.25) is 0 Å². The summed E-state index contributed by atoms with van der Waals surface area (Å²) in [5, 5.41) is 19.6. The molecule has 0 aromatic carbocycles. The number of hydrogen-bond donors (Lipinski definition) is 2. The molecule has 0 amide bonds. The first-order chi connectivity index (χ1) is 32.0. The van der Waals surface area contributed by atoms with Gasteiger partial charge in [-0.2, -0.15) is 0 Å². The maximum Gasteiger partial charge on any atom is 0.508 e. The van der Waals surface area contributed by atoms with E-state index in [2.05, 4.69) is 0 Å². The highest BCUT2D eigenvalue weighted by Crippen LogP contribution is 2.18. The van der Waals surface area contributed by atoms with E-state index in [1.165, 1.54) is 0 Å². The second kappa shape index (κ2) is 52.8. The molecular weight excluding hydrogens is 876 g/mol. The lowest BCUT2D eigenvalue weighted by atomic mass is 9.92. The Balaban J connectivity index is 3.56. The number of methoxy groups -OCH3 is 2. The van der Waals surface area contributed by atoms with Gasteiger partial charge in [0, 0.05) is 14.2 Å². The Labute approximate surface area is 384 Å². The fraction of sp³-hybridized carbons (Fsp3) is 0.951. The van der Waals surface area contributed by atoms with Gasteiger partial charge >= 0.3 is 12.3 Å². The average molecular weight is 957 g/mol. The molecule has 24 heteroatoms. The molecular formula is C41H80O24. The average Bonchev–Trinajstić information content (AvgIpc) is 3.32. The molecule has 2 N–H and O–H groups in total. The summed E-state index contributed by atoms with van der Waals surface area (Å²) in [6, 6.07) is 0. The van der Waals surface area contributed by atoms with Gasteiger partial charge in [-0.25, -0.2) is 9.59 Å². The number of aliphatic hydroxyl groups excluding tert-OH is 2. The molecule has 24 nitrogen and oxygen atoms in total. The van der Waals surface area contributed by atoms with Crippen LogP contribution in [0.25, 0.3) is 0 Å². The first-order valence-corrected chi connectivity index (χ1v) is 21.9. The van der Waals surface area contributed by atoms with Gasteiger partial charge in [0.1, 0.15) is 26.4 Å². The van der Waals surface area contributed by atoms with Crippen molar-refractivity contribution in [1.82, 2.24) is 0 Å². The van der Waals surface area contributed by atoms with Gasteiger partial charge in [0.05, 0.1) is 217 Å². The van der Waals surface area contributed by atoms with Crippen LogP contribution in [0.4, 0.5) is 9.59 Å². The van der Waals surface area contributed by atoms with Crippen LogP contribution in [-0.2, 0) is 94.7 Å². The van der Waals surface area contributed by atoms with E-state index in [1.54, 1.807) is 14.2 Å². The Hall–Kier alpha value is -2.18. The predicted octanol–water partition coefficient (Wildman–Crippen LogP) is -0.211. The third kappa shape index (κ3) is 48.1. The predicted molar refractivity (Wildman–Crippen MR) is 226 cm³/mol. The molecule has 0 fully saturated rings. The minimum Gasteiger partial charge on any atom is -0.433 e. The summed E-state index contributed by atoms with van der Waals surface area (Å²) in [6.07, 6.45) is -2.11. The van der Waals surface area contributed by atoms with Gasteiger partial charge < -0.3 is 105 Å². The van der Waals surface area contributed by atoms with E-state index in [9.17, 15) is 19.8 Å². The highest BCUT2D eigenvalue weighted by atomic mass is 16.7. The van der Waals surface area contributed by atoms with Crippen LogP contribution < -0.4 is 0 Å². The number of rotatable bonds is 54. The van der Waals surface area contributed by atoms with Crippen LogP contribution in [0.5, 0.6) is 0 Å². The van der Waals surface area contributed by atoms with Crippen LogP contribution in [0.2, 0.25) is 0 Å². The monoisotopic (exact) mass is 957 g/mol. The zero-order valence-electron chi connectivity index (χ0n) is 38.8. The quantitative estimate of drug-likeness (QED) is 0.0590. The molecule has 0 spiro atoms. The molecule has 0 saturated carbocycles. The van der Waals surface area contributed by atoms with Crippen molar-refractivity contribution in [1.29, 1.82) is 0 Å². The largest absolute Gasteiger partial charge is 0.508 e. The summed E-state index contributed by atoms with van der Waals surface area (Å²) in [5.41, 5.74) is -1.48. The Morgan fingerprint density at radius 2 is 0.446 bits per heavy atom. The molecule has 65 heavy (non-hydrogen) atoms. The summed E-state index contributed by atoms with van der Waals surface area (Å²) < 4.78 is 105. The van der Waals surface area contributed by atoms with E-state index in [1.807, 2.05) is 0 Å². The maximum atomic E-state index is 12.0. The van der Waals surface area contributed by atoms with Crippen LogP contribution in [0.1, 0.15) is 0 Å². The van der Waals surface area contributed by atoms with Crippen molar-refractivity contribution >= 4 is 12.3 Å². The first kappa shape index (κ1) is 62.8. The Kier molecular flexibility index (Phi) is 51.0. The molecule has 0 unspecified atom stereocenters. The van der Waals surface area contributed by atoms with Crippen molar-refractivity contribution in [3.63, 3.8) is 0 Å². The van der Waals surface area contributed by atoms with E-state index < -0.39 is 44.2 Å². The van der Waals surface area contributed by atoms with Gasteiger partial charge in [0.15, 0.2) is 0 Å². The van der Waals surface area contributed by atoms with Crippen LogP contribution in [0.15, 0.2) is 0 Å². The highest BCUT2D eigenvalue weighted by Gasteiger charge is 2.33. The molecule has 0 bridgehead atoms. The van der Waals surface area contributed by atoms with Crippen molar-refractivity contribution in [3.8, 4) is 0 Å². The van der Waals surface area contributed by atoms with E-state index in [-0.39, 0.29) is 39.6 Å². The zero-order valence-corrected chi connectivity index (χ0v) is 38.8. The lowest BCUT2D eigenvalue weighted by molar-refractivity contribution is -0.0689. The summed E-state index contributed by atoms with van der Waals surface area (Å²) in [6.45, 7) is 10.1. The highest BCUT2D eigenvalue weighted by molar-refractivity contribution is 5.60. The third-order valence-corrected chi connectivity index (χ3v) is 7.89. The van der Waals surface area contributed by atoms with Crippen LogP contribution in [-0.4, -0.2) is 275 Å². The Morgan fingerprint density at radius 1 is 0.277 bits per heavy atom. The van der Waals surface area contributed by atoms with Gasteiger partial charge in [0.25, 0.3) is 0 Å². The maximum absolute atomic E-state index is 12.0. The summed E-state index contributed by atoms with van der Waals surface area (Å²) >= 11 is 0. The first-order valence-electron chi connectivity index (χ1n) is 21.9. The van der Waals surface area contributed by atoms with Crippen molar-refractivity contribution in [2.75, 3.05) is 252 Å². The second-order valence-electron chi connectivity index (χ2n) is 13.1. The SMILES string of the molecule is COCCOCCOCCOCCOCCOCCOCCOCCOC(=O)OCC(CO)(CO)COC(=O)OCCOCCOCCOCCOCCOCCOCCOCCOC. The smallest absolute Gasteiger partial charge is 0.433 e. The molecule has 0 rings (SSSR count). The number of aliphatic hydroxyl groups is 2. The van der Waals surface area contributed by atoms with E-state index in [0.717, 1.165) is 0 Å². The second-order valence-corrected chi connectivity index (χ2v) is 13.1. The third-order valence-electron chi connectivity index (χ3n) is 7.89. The van der Waals surface area contributed by atoms with Gasteiger partial charge in [-0.15, -0.1) is 0 Å². The van der Waals surface area contributed by atoms with Crippen molar-refractivity contribution < 1.29 is 115 Å². The standard InChI is InChI=1S/C41H80O24/c1-46-3-5-48-7-9-50-11-13-52-15-17-54-19-21-56-23-25-58-27-29-60-31-33-62-39(44)64-37-41(35-42,36-43)38-65-40(45)63-34-32-61-30-28-59-26-24-57-22-20-55-18-16-53-14-12-51-10-8-49-6-4-47-2/h42-43H,3-38H2,1-2H3. The van der Waals surface area contributed by atoms with Crippen molar-refractivity contribution in [2.24, 2.45) is 5.41 Å². The van der Waals surface area contributed by atoms with E-state index in [4.69, 9.17) is 94.7 Å². The normalized spacial score (nSPS) is 11.6. The van der Waals surface area contributed by atoms with Crippen molar-refractivity contribution in [2.45, 2.75) is 0 Å². The fourth-order valence-corrected chi connectivity index (χ4v) is 4.28. The fourth-order valence-electron chi connectivity index (χ4n) is 4.28. The molecule has 0 aliphatic rings. The summed E-state index contributed by atoms with van der Waals surface area (Å²) in [7, 11) is 3.25. The van der Waals surface area contributed by atoms with Gasteiger partial charge in [-0.05, 0) is 0 Å². The molecule has 0 saturated heterocycles. The Bertz CT molecular complexity index is 897. The molecule has 0 radical (unpaired) electrons. The number of carbonyl (C=O) groups excluding carboxylic acids is 2. The number of hydrogen-bond acceptors (Lipinski definition) is 24. The Morgan fingerprint density at radius 3 is 0.615 bits per heavy atom. The van der Waals surface area contributed by atoms with Crippen LogP contribution in [0.3, 0.4) is 0 Å². The van der Waals surface area contributed by atoms with Crippen molar-refractivity contribution in [3.05, 3.63) is 0 Å². The molecule has 0 aliphatic carbocycles. The summed E-state index contributed by atoms with van der Waals surface area (Å²) in [5.74, 6) is 0. The molecule has 0 aliphatic heterocycles. The van der Waals surface area contributed by atoms with Gasteiger partial charge in [0.2, 0.25) is 0 Å². The lowest BCUT2D eigenvalue weighted by Crippen LogP contribution is -2.41. The number of carbonyl (C=O) groups is 2. The minimum absolute atomic E-state index is 0.0832. The summed E-state index contributed by atoms with van der Waals surface area (Å²) in [4.78, 5) is 24.0. The molecule has 0 aromatic rings. The van der Waals surface area contributed by atoms with Crippen LogP contribution in [0, 0.1) is 5.41 Å².